The van der Waals surface area contributed by atoms with Crippen molar-refractivity contribution in [1.29, 1.82) is 0 Å². The van der Waals surface area contributed by atoms with E-state index in [1.807, 2.05) is 11.6 Å². The van der Waals surface area contributed by atoms with Gasteiger partial charge in [-0.3, -0.25) is 14.6 Å². The highest BCUT2D eigenvalue weighted by Crippen LogP contribution is 2.16. The molecule has 0 spiro atoms. The van der Waals surface area contributed by atoms with E-state index in [9.17, 15) is 18.0 Å². The minimum atomic E-state index is -4.20. The van der Waals surface area contributed by atoms with E-state index in [-0.39, 0.29) is 16.0 Å². The number of hydrogen-bond acceptors (Lipinski definition) is 5. The molecule has 8 heteroatoms. The van der Waals surface area contributed by atoms with Crippen molar-refractivity contribution in [3.05, 3.63) is 59.9 Å². The maximum Gasteiger partial charge on any atom is 0.266 e. The third-order valence-electron chi connectivity index (χ3n) is 3.11. The monoisotopic (exact) mass is 347 g/mol. The van der Waals surface area contributed by atoms with Crippen molar-refractivity contribution < 1.29 is 18.0 Å². The number of aromatic nitrogens is 1. The molecule has 2 N–H and O–H groups in total. The average molecular weight is 347 g/mol. The summed E-state index contributed by atoms with van der Waals surface area (Å²) in [4.78, 5) is 27.7. The Bertz CT molecular complexity index is 835. The molecular weight excluding hydrogens is 330 g/mol. The summed E-state index contributed by atoms with van der Waals surface area (Å²) >= 11 is 0. The van der Waals surface area contributed by atoms with Crippen LogP contribution in [0.1, 0.15) is 34.1 Å². The lowest BCUT2D eigenvalue weighted by atomic mass is 10.2. The Balaban J connectivity index is 2.30. The molecule has 0 bridgehead atoms. The molecule has 0 fully saturated rings. The summed E-state index contributed by atoms with van der Waals surface area (Å²) in [5.74, 6) is -1.32. The Morgan fingerprint density at radius 3 is 2.50 bits per heavy atom. The van der Waals surface area contributed by atoms with E-state index in [1.54, 1.807) is 6.07 Å². The zero-order chi connectivity index (χ0) is 17.6. The third-order valence-corrected chi connectivity index (χ3v) is 4.50. The van der Waals surface area contributed by atoms with E-state index < -0.39 is 21.8 Å². The fourth-order valence-electron chi connectivity index (χ4n) is 1.96. The van der Waals surface area contributed by atoms with Crippen LogP contribution in [0.5, 0.6) is 0 Å². The van der Waals surface area contributed by atoms with Crippen LogP contribution in [0.15, 0.2) is 53.7 Å². The van der Waals surface area contributed by atoms with Crippen molar-refractivity contribution in [2.45, 2.75) is 18.2 Å². The molecule has 1 aromatic carbocycles. The molecule has 2 amide bonds. The summed E-state index contributed by atoms with van der Waals surface area (Å²) in [6.45, 7) is 2.31. The lowest BCUT2D eigenvalue weighted by Crippen LogP contribution is -2.33. The summed E-state index contributed by atoms with van der Waals surface area (Å²) in [6, 6.07) is 8.68. The summed E-state index contributed by atoms with van der Waals surface area (Å²) in [5, 5.41) is 2.62. The van der Waals surface area contributed by atoms with Crippen molar-refractivity contribution in [1.82, 2.24) is 15.0 Å². The van der Waals surface area contributed by atoms with Gasteiger partial charge in [0.25, 0.3) is 21.8 Å². The molecule has 2 aromatic rings. The fraction of sp³-hybridized carbons (Fsp3) is 0.188. The van der Waals surface area contributed by atoms with Gasteiger partial charge in [-0.25, -0.2) is 13.1 Å². The number of nitrogens with one attached hydrogen (secondary N) is 2. The molecule has 0 atom stereocenters. The van der Waals surface area contributed by atoms with Crippen LogP contribution in [0.2, 0.25) is 0 Å². The van der Waals surface area contributed by atoms with E-state index in [0.29, 0.717) is 6.54 Å². The molecule has 126 valence electrons. The maximum absolute atomic E-state index is 12.5. The largest absolute Gasteiger partial charge is 0.352 e. The molecule has 0 radical (unpaired) electrons. The second-order valence-corrected chi connectivity index (χ2v) is 6.58. The van der Waals surface area contributed by atoms with Gasteiger partial charge in [0.15, 0.2) is 0 Å². The number of carbonyl (C=O) groups is 2. The van der Waals surface area contributed by atoms with Gasteiger partial charge in [-0.2, -0.15) is 0 Å². The first kappa shape index (κ1) is 17.6. The smallest absolute Gasteiger partial charge is 0.266 e. The van der Waals surface area contributed by atoms with Crippen molar-refractivity contribution in [2.75, 3.05) is 6.54 Å². The van der Waals surface area contributed by atoms with Crippen LogP contribution in [0.4, 0.5) is 0 Å². The van der Waals surface area contributed by atoms with Gasteiger partial charge >= 0.3 is 0 Å². The molecular formula is C16H17N3O4S. The van der Waals surface area contributed by atoms with Crippen molar-refractivity contribution in [3.63, 3.8) is 0 Å². The summed E-state index contributed by atoms with van der Waals surface area (Å²) in [5.41, 5.74) is 0.0893. The summed E-state index contributed by atoms with van der Waals surface area (Å²) in [7, 11) is -4.20. The second-order valence-electron chi connectivity index (χ2n) is 4.93. The van der Waals surface area contributed by atoms with E-state index in [0.717, 1.165) is 6.42 Å². The predicted molar refractivity (Wildman–Crippen MR) is 88.0 cm³/mol. The lowest BCUT2D eigenvalue weighted by Gasteiger charge is -2.11. The zero-order valence-corrected chi connectivity index (χ0v) is 13.8. The predicted octanol–water partition coefficient (Wildman–Crippen LogP) is 1.34. The molecule has 2 rings (SSSR count). The van der Waals surface area contributed by atoms with E-state index >= 15 is 0 Å². The second kappa shape index (κ2) is 7.69. The number of pyridine rings is 1. The van der Waals surface area contributed by atoms with Crippen LogP contribution >= 0.6 is 0 Å². The number of rotatable bonds is 6. The van der Waals surface area contributed by atoms with Crippen LogP contribution in [-0.2, 0) is 10.0 Å². The van der Waals surface area contributed by atoms with Crippen LogP contribution in [0.3, 0.4) is 0 Å². The van der Waals surface area contributed by atoms with Crippen LogP contribution in [0.25, 0.3) is 0 Å². The minimum absolute atomic E-state index is 0.0163. The van der Waals surface area contributed by atoms with E-state index in [4.69, 9.17) is 0 Å². The highest BCUT2D eigenvalue weighted by Gasteiger charge is 2.24. The molecule has 1 heterocycles. The van der Waals surface area contributed by atoms with Gasteiger partial charge in [0.2, 0.25) is 0 Å². The Hall–Kier alpha value is -2.74. The number of amides is 2. The Morgan fingerprint density at radius 1 is 1.08 bits per heavy atom. The Labute approximate surface area is 140 Å². The Morgan fingerprint density at radius 2 is 1.83 bits per heavy atom. The average Bonchev–Trinajstić information content (AvgIpc) is 2.60. The van der Waals surface area contributed by atoms with Crippen LogP contribution in [0, 0.1) is 0 Å². The molecule has 1 aromatic heterocycles. The SMILES string of the molecule is CCCNC(=O)c1ccccc1S(=O)(=O)NC(=O)c1cccnc1. The van der Waals surface area contributed by atoms with Gasteiger partial charge in [0, 0.05) is 18.9 Å². The summed E-state index contributed by atoms with van der Waals surface area (Å²) in [6.07, 6.45) is 3.45. The molecule has 0 unspecified atom stereocenters. The standard InChI is InChI=1S/C16H17N3O4S/c1-2-9-18-16(21)13-7-3-4-8-14(13)24(22,23)19-15(20)12-6-5-10-17-11-12/h3-8,10-11H,2,9H2,1H3,(H,18,21)(H,19,20). The van der Waals surface area contributed by atoms with Crippen molar-refractivity contribution >= 4 is 21.8 Å². The van der Waals surface area contributed by atoms with Crippen molar-refractivity contribution in [3.8, 4) is 0 Å². The van der Waals surface area contributed by atoms with Gasteiger partial charge in [0.05, 0.1) is 11.1 Å². The topological polar surface area (TPSA) is 105 Å². The maximum atomic E-state index is 12.5. The number of sulfonamides is 1. The van der Waals surface area contributed by atoms with Gasteiger partial charge < -0.3 is 5.32 Å². The number of hydrogen-bond donors (Lipinski definition) is 2. The number of benzene rings is 1. The van der Waals surface area contributed by atoms with Crippen LogP contribution in [-0.4, -0.2) is 31.8 Å². The van der Waals surface area contributed by atoms with Crippen LogP contribution < -0.4 is 10.0 Å². The van der Waals surface area contributed by atoms with E-state index in [1.165, 1.54) is 42.7 Å². The van der Waals surface area contributed by atoms with Gasteiger partial charge in [0.1, 0.15) is 4.90 Å². The number of nitrogens with zero attached hydrogens (tertiary/aromatic N) is 1. The van der Waals surface area contributed by atoms with Crippen molar-refractivity contribution in [2.24, 2.45) is 0 Å². The molecule has 24 heavy (non-hydrogen) atoms. The van der Waals surface area contributed by atoms with Gasteiger partial charge in [-0.1, -0.05) is 19.1 Å². The first-order valence-electron chi connectivity index (χ1n) is 7.30. The molecule has 0 saturated heterocycles. The molecule has 0 aliphatic rings. The highest BCUT2D eigenvalue weighted by atomic mass is 32.2. The molecule has 0 aliphatic carbocycles. The zero-order valence-electron chi connectivity index (χ0n) is 13.0. The third kappa shape index (κ3) is 4.17. The highest BCUT2D eigenvalue weighted by molar-refractivity contribution is 7.90. The first-order chi connectivity index (χ1) is 11.5. The first-order valence-corrected chi connectivity index (χ1v) is 8.78. The molecule has 0 aliphatic heterocycles. The number of carbonyl (C=O) groups excluding carboxylic acids is 2. The lowest BCUT2D eigenvalue weighted by molar-refractivity contribution is 0.0946. The molecule has 0 saturated carbocycles. The van der Waals surface area contributed by atoms with Gasteiger partial charge in [-0.05, 0) is 30.7 Å². The summed E-state index contributed by atoms with van der Waals surface area (Å²) < 4.78 is 26.9. The Kier molecular flexibility index (Phi) is 5.64. The molecule has 7 nitrogen and oxygen atoms in total. The van der Waals surface area contributed by atoms with E-state index in [2.05, 4.69) is 10.3 Å². The quantitative estimate of drug-likeness (QED) is 0.820. The fourth-order valence-corrected chi connectivity index (χ4v) is 3.14. The normalized spacial score (nSPS) is 10.9. The minimum Gasteiger partial charge on any atom is -0.352 e. The van der Waals surface area contributed by atoms with Gasteiger partial charge in [-0.15, -0.1) is 0 Å².